The lowest BCUT2D eigenvalue weighted by Crippen LogP contribution is -2.25. The molecule has 20 heavy (non-hydrogen) atoms. The Bertz CT molecular complexity index is 607. The maximum absolute atomic E-state index is 11.9. The molecule has 0 bridgehead atoms. The van der Waals surface area contributed by atoms with E-state index in [9.17, 15) is 4.79 Å². The number of hydrogen-bond acceptors (Lipinski definition) is 4. The Morgan fingerprint density at radius 1 is 1.55 bits per heavy atom. The molecule has 0 radical (unpaired) electrons. The van der Waals surface area contributed by atoms with Gasteiger partial charge in [-0.25, -0.2) is 4.68 Å². The van der Waals surface area contributed by atoms with Crippen LogP contribution >= 0.6 is 15.9 Å². The number of anilines is 1. The Hall–Kier alpha value is -1.56. The summed E-state index contributed by atoms with van der Waals surface area (Å²) < 4.78 is 7.25. The van der Waals surface area contributed by atoms with Gasteiger partial charge in [0.1, 0.15) is 10.2 Å². The van der Waals surface area contributed by atoms with Gasteiger partial charge in [-0.05, 0) is 48.3 Å². The largest absolute Gasteiger partial charge is 0.469 e. The van der Waals surface area contributed by atoms with Crippen molar-refractivity contribution in [3.63, 3.8) is 0 Å². The summed E-state index contributed by atoms with van der Waals surface area (Å²) in [6.07, 6.45) is 5.13. The highest BCUT2D eigenvalue weighted by molar-refractivity contribution is 9.10. The SMILES string of the molecule is CCn1ncc(NC(C)CCc2ccco2)c(Br)c1=O. The van der Waals surface area contributed by atoms with E-state index in [4.69, 9.17) is 4.42 Å². The van der Waals surface area contributed by atoms with Gasteiger partial charge in [-0.2, -0.15) is 5.10 Å². The minimum atomic E-state index is -0.115. The lowest BCUT2D eigenvalue weighted by molar-refractivity contribution is 0.495. The van der Waals surface area contributed by atoms with Crippen LogP contribution in [0, 0.1) is 0 Å². The highest BCUT2D eigenvalue weighted by Gasteiger charge is 2.11. The number of aryl methyl sites for hydroxylation is 2. The second kappa shape index (κ2) is 6.74. The van der Waals surface area contributed by atoms with Crippen molar-refractivity contribution in [2.24, 2.45) is 0 Å². The maximum atomic E-state index is 11.9. The second-order valence-electron chi connectivity index (χ2n) is 4.66. The van der Waals surface area contributed by atoms with Gasteiger partial charge >= 0.3 is 0 Å². The van der Waals surface area contributed by atoms with E-state index in [0.717, 1.165) is 24.3 Å². The van der Waals surface area contributed by atoms with E-state index < -0.39 is 0 Å². The smallest absolute Gasteiger partial charge is 0.283 e. The Morgan fingerprint density at radius 2 is 2.35 bits per heavy atom. The molecule has 0 aromatic carbocycles. The van der Waals surface area contributed by atoms with Gasteiger partial charge in [0.2, 0.25) is 0 Å². The van der Waals surface area contributed by atoms with Gasteiger partial charge in [0.25, 0.3) is 5.56 Å². The predicted octanol–water partition coefficient (Wildman–Crippen LogP) is 3.05. The molecule has 0 aliphatic rings. The van der Waals surface area contributed by atoms with Crippen LogP contribution in [0.25, 0.3) is 0 Å². The van der Waals surface area contributed by atoms with Crippen LogP contribution in [0.5, 0.6) is 0 Å². The highest BCUT2D eigenvalue weighted by Crippen LogP contribution is 2.18. The van der Waals surface area contributed by atoms with Crippen molar-refractivity contribution in [1.82, 2.24) is 9.78 Å². The Morgan fingerprint density at radius 3 is 3.00 bits per heavy atom. The summed E-state index contributed by atoms with van der Waals surface area (Å²) >= 11 is 3.34. The van der Waals surface area contributed by atoms with Crippen LogP contribution in [0.1, 0.15) is 26.0 Å². The summed E-state index contributed by atoms with van der Waals surface area (Å²) in [5.74, 6) is 0.970. The third kappa shape index (κ3) is 3.50. The van der Waals surface area contributed by atoms with Crippen molar-refractivity contribution < 1.29 is 4.42 Å². The molecule has 2 aromatic heterocycles. The number of halogens is 1. The van der Waals surface area contributed by atoms with Gasteiger partial charge in [-0.15, -0.1) is 0 Å². The van der Waals surface area contributed by atoms with E-state index in [0.29, 0.717) is 11.0 Å². The molecule has 2 heterocycles. The van der Waals surface area contributed by atoms with Crippen LogP contribution in [0.3, 0.4) is 0 Å². The summed E-state index contributed by atoms with van der Waals surface area (Å²) in [6.45, 7) is 4.52. The molecule has 1 unspecified atom stereocenters. The topological polar surface area (TPSA) is 60.1 Å². The number of nitrogens with one attached hydrogen (secondary N) is 1. The summed E-state index contributed by atoms with van der Waals surface area (Å²) in [6, 6.07) is 4.07. The standard InChI is InChI=1S/C14H18BrN3O2/c1-3-18-14(19)13(15)12(9-16-18)17-10(2)6-7-11-5-4-8-20-11/h4-5,8-10,17H,3,6-7H2,1-2H3. The first-order chi connectivity index (χ1) is 9.61. The van der Waals surface area contributed by atoms with Crippen LogP contribution in [0.15, 0.2) is 38.3 Å². The van der Waals surface area contributed by atoms with E-state index >= 15 is 0 Å². The van der Waals surface area contributed by atoms with Crippen LogP contribution < -0.4 is 10.9 Å². The van der Waals surface area contributed by atoms with Crippen molar-refractivity contribution in [3.8, 4) is 0 Å². The zero-order chi connectivity index (χ0) is 14.5. The molecule has 6 heteroatoms. The third-order valence-corrected chi connectivity index (χ3v) is 3.86. The van der Waals surface area contributed by atoms with E-state index in [1.165, 1.54) is 4.68 Å². The first kappa shape index (κ1) is 14.8. The van der Waals surface area contributed by atoms with Gasteiger partial charge in [-0.1, -0.05) is 0 Å². The van der Waals surface area contributed by atoms with Gasteiger partial charge in [0.15, 0.2) is 0 Å². The molecular weight excluding hydrogens is 322 g/mol. The van der Waals surface area contributed by atoms with Crippen molar-refractivity contribution in [2.75, 3.05) is 5.32 Å². The fourth-order valence-corrected chi connectivity index (χ4v) is 2.36. The Labute approximate surface area is 126 Å². The molecule has 1 atom stereocenters. The number of rotatable bonds is 6. The molecule has 0 aliphatic heterocycles. The first-order valence-corrected chi connectivity index (χ1v) is 7.45. The van der Waals surface area contributed by atoms with Crippen LogP contribution in [-0.2, 0) is 13.0 Å². The van der Waals surface area contributed by atoms with E-state index in [-0.39, 0.29) is 11.6 Å². The van der Waals surface area contributed by atoms with E-state index in [1.54, 1.807) is 12.5 Å². The van der Waals surface area contributed by atoms with Crippen LogP contribution in [-0.4, -0.2) is 15.8 Å². The average Bonchev–Trinajstić information content (AvgIpc) is 2.95. The normalized spacial score (nSPS) is 12.3. The number of furan rings is 1. The molecule has 0 saturated heterocycles. The molecular formula is C14H18BrN3O2. The highest BCUT2D eigenvalue weighted by atomic mass is 79.9. The van der Waals surface area contributed by atoms with Crippen LogP contribution in [0.2, 0.25) is 0 Å². The number of nitrogens with zero attached hydrogens (tertiary/aromatic N) is 2. The fraction of sp³-hybridized carbons (Fsp3) is 0.429. The van der Waals surface area contributed by atoms with Gasteiger partial charge < -0.3 is 9.73 Å². The van der Waals surface area contributed by atoms with E-state index in [2.05, 4.69) is 33.3 Å². The zero-order valence-electron chi connectivity index (χ0n) is 11.6. The summed E-state index contributed by atoms with van der Waals surface area (Å²) in [7, 11) is 0. The molecule has 0 spiro atoms. The lowest BCUT2D eigenvalue weighted by Gasteiger charge is -2.15. The fourth-order valence-electron chi connectivity index (χ4n) is 1.94. The molecule has 0 aliphatic carbocycles. The van der Waals surface area contributed by atoms with E-state index in [1.807, 2.05) is 19.1 Å². The van der Waals surface area contributed by atoms with Crippen molar-refractivity contribution >= 4 is 21.6 Å². The third-order valence-electron chi connectivity index (χ3n) is 3.09. The van der Waals surface area contributed by atoms with Crippen LogP contribution in [0.4, 0.5) is 5.69 Å². The van der Waals surface area contributed by atoms with Gasteiger partial charge in [0.05, 0.1) is 18.1 Å². The maximum Gasteiger partial charge on any atom is 0.283 e. The van der Waals surface area contributed by atoms with Crippen molar-refractivity contribution in [2.45, 2.75) is 39.3 Å². The number of hydrogen-bond donors (Lipinski definition) is 1. The minimum Gasteiger partial charge on any atom is -0.469 e. The summed E-state index contributed by atoms with van der Waals surface area (Å²) in [5.41, 5.74) is 0.613. The van der Waals surface area contributed by atoms with Gasteiger partial charge in [0, 0.05) is 19.0 Å². The van der Waals surface area contributed by atoms with Gasteiger partial charge in [-0.3, -0.25) is 4.79 Å². The summed E-state index contributed by atoms with van der Waals surface area (Å²) in [5, 5.41) is 7.41. The average molecular weight is 340 g/mol. The lowest BCUT2D eigenvalue weighted by atomic mass is 10.1. The van der Waals surface area contributed by atoms with Crippen molar-refractivity contribution in [3.05, 3.63) is 45.2 Å². The Balaban J connectivity index is 1.99. The molecule has 108 valence electrons. The molecule has 5 nitrogen and oxygen atoms in total. The minimum absolute atomic E-state index is 0.115. The molecule has 1 N–H and O–H groups in total. The second-order valence-corrected chi connectivity index (χ2v) is 5.45. The predicted molar refractivity (Wildman–Crippen MR) is 82.0 cm³/mol. The number of aromatic nitrogens is 2. The molecule has 2 rings (SSSR count). The molecule has 0 amide bonds. The monoisotopic (exact) mass is 339 g/mol. The summed E-state index contributed by atoms with van der Waals surface area (Å²) in [4.78, 5) is 11.9. The first-order valence-electron chi connectivity index (χ1n) is 6.66. The zero-order valence-corrected chi connectivity index (χ0v) is 13.2. The molecule has 2 aromatic rings. The molecule has 0 fully saturated rings. The Kier molecular flexibility index (Phi) is 5.00. The van der Waals surface area contributed by atoms with Crippen molar-refractivity contribution in [1.29, 1.82) is 0 Å². The quantitative estimate of drug-likeness (QED) is 0.878. The molecule has 0 saturated carbocycles.